The van der Waals surface area contributed by atoms with E-state index in [1.807, 2.05) is 0 Å². The molecule has 1 aliphatic heterocycles. The summed E-state index contributed by atoms with van der Waals surface area (Å²) in [6.45, 7) is 0.0441. The number of nitrogens with one attached hydrogen (secondary N) is 8. The van der Waals surface area contributed by atoms with E-state index in [1.165, 1.54) is 51.8 Å². The average Bonchev–Trinajstić information content (AvgIpc) is 0.830. The highest BCUT2D eigenvalue weighted by Crippen LogP contribution is 2.35. The van der Waals surface area contributed by atoms with Crippen LogP contribution in [0.1, 0.15) is 39.9 Å². The Morgan fingerprint density at radius 2 is 1.18 bits per heavy atom. The number of H-pyrrole nitrogens is 1. The summed E-state index contributed by atoms with van der Waals surface area (Å²) < 4.78 is 96.4. The largest absolute Gasteiger partial charge is 0.494 e. The van der Waals surface area contributed by atoms with E-state index in [0.29, 0.717) is 18.0 Å². The minimum Gasteiger partial charge on any atom is -0.494 e. The molecule has 1 aliphatic rings. The molecule has 0 bridgehead atoms. The van der Waals surface area contributed by atoms with Gasteiger partial charge in [0.2, 0.25) is 39.1 Å². The molecule has 37 nitrogen and oxygen atoms in total. The number of aromatic amines is 1. The minimum atomic E-state index is -4.60. The molecule has 40 heteroatoms. The number of carboxylic acids is 4. The van der Waals surface area contributed by atoms with Gasteiger partial charge in [-0.25, -0.2) is 13.4 Å². The number of aliphatic carboxylic acids is 4. The van der Waals surface area contributed by atoms with Crippen molar-refractivity contribution < 1.29 is 104 Å². The number of imidazole rings is 1. The van der Waals surface area contributed by atoms with E-state index in [0.717, 1.165) is 5.56 Å². The number of ether oxygens (including phenoxy) is 1. The Bertz CT molecular complexity index is 3460. The summed E-state index contributed by atoms with van der Waals surface area (Å²) in [5, 5.41) is 53.3. The predicted octanol–water partition coefficient (Wildman–Crippen LogP) is -2.06. The lowest BCUT2D eigenvalue weighted by atomic mass is 10.1. The molecule has 5 amide bonds. The summed E-state index contributed by atoms with van der Waals surface area (Å²) in [6.07, 6.45) is 4.48. The van der Waals surface area contributed by atoms with Gasteiger partial charge in [-0.2, -0.15) is 4.72 Å². The topological polar surface area (TPSA) is 547 Å². The molecule has 0 spiro atoms. The Morgan fingerprint density at radius 1 is 0.660 bits per heavy atom. The lowest BCUT2D eigenvalue weighted by molar-refractivity contribution is -0.140. The number of hydrogen-bond acceptors (Lipinski definition) is 25. The van der Waals surface area contributed by atoms with E-state index in [9.17, 15) is 104 Å². The molecule has 3 atom stereocenters. The van der Waals surface area contributed by atoms with Gasteiger partial charge < -0.3 is 93.9 Å². The molecule has 1 unspecified atom stereocenters. The van der Waals surface area contributed by atoms with Gasteiger partial charge in [0.15, 0.2) is 5.95 Å². The molecule has 5 rings (SSSR count). The molecule has 2 aromatic heterocycles. The molecule has 1 saturated heterocycles. The van der Waals surface area contributed by atoms with Crippen molar-refractivity contribution in [2.75, 3.05) is 122 Å². The van der Waals surface area contributed by atoms with E-state index in [1.54, 1.807) is 42.2 Å². The Morgan fingerprint density at radius 3 is 1.68 bits per heavy atom. The highest BCUT2D eigenvalue weighted by molar-refractivity contribution is 8.19. The zero-order valence-corrected chi connectivity index (χ0v) is 53.8. The molecule has 0 radical (unpaired) electrons. The molecule has 0 aliphatic carbocycles. The SMILES string of the molecule is Cc1cc(OCCCC(=O)NCCNC(=O)[C@H](CS(O)(O)O)NC(=O)[C@H](CS(O)(O)O)NC(=O)CN2CCN(CC(=O)O)CCN(CC(=O)O)CCN(CC(=O)O)CC2)cc(C)c1S(=O)(=O)NC(CNC(=O)c1cn(C)c2cc(CNc3ncc[nH]3)ccc2c1=O)C(=O)O. The number of aryl methyl sites for hydroxylation is 3. The molecule has 1 fully saturated rings. The third kappa shape index (κ3) is 26.0. The molecule has 2 aromatic carbocycles. The monoisotopic (exact) mass is 1390 g/mol. The summed E-state index contributed by atoms with van der Waals surface area (Å²) in [5.74, 6) is -12.0. The van der Waals surface area contributed by atoms with Crippen LogP contribution in [0.2, 0.25) is 0 Å². The number of hydrogen-bond donors (Lipinski definition) is 18. The van der Waals surface area contributed by atoms with Gasteiger partial charge in [0.1, 0.15) is 29.4 Å². The Hall–Kier alpha value is -8.10. The van der Waals surface area contributed by atoms with Crippen molar-refractivity contribution in [2.24, 2.45) is 7.05 Å². The molecular formula is C54H80N14O23S3. The fourth-order valence-corrected chi connectivity index (χ4v) is 12.8. The van der Waals surface area contributed by atoms with Gasteiger partial charge in [-0.15, -0.1) is 0 Å². The maximum absolute atomic E-state index is 13.7. The fraction of sp³-hybridized carbons (Fsp3) is 0.500. The van der Waals surface area contributed by atoms with Crippen LogP contribution >= 0.6 is 21.7 Å². The van der Waals surface area contributed by atoms with Crippen LogP contribution in [0.15, 0.2) is 58.6 Å². The van der Waals surface area contributed by atoms with Crippen molar-refractivity contribution in [3.8, 4) is 5.75 Å². The number of sulfonamides is 1. The Balaban J connectivity index is 1.10. The van der Waals surface area contributed by atoms with E-state index >= 15 is 0 Å². The maximum atomic E-state index is 13.7. The smallest absolute Gasteiger partial charge is 0.323 e. The first-order valence-corrected chi connectivity index (χ1v) is 33.7. The van der Waals surface area contributed by atoms with Crippen LogP contribution < -0.4 is 46.8 Å². The van der Waals surface area contributed by atoms with Crippen LogP contribution in [0.25, 0.3) is 10.9 Å². The van der Waals surface area contributed by atoms with Crippen molar-refractivity contribution in [3.05, 3.63) is 81.4 Å². The predicted molar refractivity (Wildman–Crippen MR) is 339 cm³/mol. The number of aromatic nitrogens is 3. The average molecular weight is 1390 g/mol. The number of carbonyl (C=O) groups excluding carboxylic acids is 5. The van der Waals surface area contributed by atoms with Gasteiger partial charge in [-0.1, -0.05) is 6.07 Å². The van der Waals surface area contributed by atoms with E-state index < -0.39 is 153 Å². The second-order valence-electron chi connectivity index (χ2n) is 21.9. The van der Waals surface area contributed by atoms with Crippen LogP contribution in [0.4, 0.5) is 5.95 Å². The first-order chi connectivity index (χ1) is 44.1. The number of amides is 5. The zero-order valence-electron chi connectivity index (χ0n) is 51.4. The van der Waals surface area contributed by atoms with Crippen LogP contribution in [0.5, 0.6) is 5.75 Å². The Kier molecular flexibility index (Phi) is 28.9. The van der Waals surface area contributed by atoms with E-state index in [-0.39, 0.29) is 118 Å². The summed E-state index contributed by atoms with van der Waals surface area (Å²) in [5.41, 5.74) is 0.643. The number of benzene rings is 2. The quantitative estimate of drug-likeness (QED) is 0.0224. The summed E-state index contributed by atoms with van der Waals surface area (Å²) >= 11 is 0. The highest BCUT2D eigenvalue weighted by atomic mass is 32.3. The fourth-order valence-electron chi connectivity index (χ4n) is 9.82. The lowest BCUT2D eigenvalue weighted by Crippen LogP contribution is -2.58. The number of rotatable bonds is 34. The van der Waals surface area contributed by atoms with E-state index in [2.05, 4.69) is 46.6 Å². The van der Waals surface area contributed by atoms with Gasteiger partial charge in [-0.05, 0) is 61.2 Å². The molecule has 4 aromatic rings. The van der Waals surface area contributed by atoms with Crippen molar-refractivity contribution in [1.82, 2.24) is 65.4 Å². The second kappa shape index (κ2) is 35.4. The summed E-state index contributed by atoms with van der Waals surface area (Å²) in [4.78, 5) is 140. The number of pyridine rings is 1. The van der Waals surface area contributed by atoms with Crippen molar-refractivity contribution >= 4 is 102 Å². The molecular weight excluding hydrogens is 1310 g/mol. The lowest BCUT2D eigenvalue weighted by Gasteiger charge is -2.33. The van der Waals surface area contributed by atoms with Crippen LogP contribution in [-0.4, -0.2) is 278 Å². The van der Waals surface area contributed by atoms with E-state index in [4.69, 9.17) is 4.74 Å². The number of fused-ring (bicyclic) bond motifs is 1. The van der Waals surface area contributed by atoms with Gasteiger partial charge in [0.25, 0.3) is 5.91 Å². The number of anilines is 1. The van der Waals surface area contributed by atoms with Crippen LogP contribution in [0.3, 0.4) is 0 Å². The van der Waals surface area contributed by atoms with Gasteiger partial charge >= 0.3 is 23.9 Å². The van der Waals surface area contributed by atoms with Crippen LogP contribution in [-0.2, 0) is 62.0 Å². The van der Waals surface area contributed by atoms with Gasteiger partial charge in [-0.3, -0.25) is 67.5 Å². The third-order valence-corrected chi connectivity index (χ3v) is 17.6. The summed E-state index contributed by atoms with van der Waals surface area (Å²) in [7, 11) is -12.1. The standard InChI is InChI=1S/C54H80N14O23S3/c1-33-21-36(22-34(2)49(33)94(89,90)63-39(53(81)82)25-59-50(78)38-26-64(3)42-23-35(6-7-37(42)48(38)77)24-60-54-57-10-11-58-54)91-20-4-5-43(69)55-8-9-56-51(79)40(31-92(83,84)85)62-52(80)41(32-93(86,87)88)61-44(70)27-65-12-14-66(28-45(71)72)16-18-68(30-47(75)76)19-17-67(15-13-65)29-46(73)74/h6-7,10-11,21-23,26,39-41,63,83-88H,4-5,8-9,12-20,24-25,27-32H2,1-3H3,(H,55,69)(H,56,79)(H,59,78)(H,61,70)(H,62,80)(H,71,72)(H,73,74)(H,75,76)(H,81,82)(H2,57,58,60)/t39?,40-,41-/m0/s1. The second-order valence-corrected chi connectivity index (χ2v) is 26.7. The molecule has 0 saturated carbocycles. The molecule has 522 valence electrons. The normalized spacial score (nSPS) is 15.6. The summed E-state index contributed by atoms with van der Waals surface area (Å²) in [6, 6.07) is 1.79. The van der Waals surface area contributed by atoms with Gasteiger partial charge in [0, 0.05) is 116 Å². The highest BCUT2D eigenvalue weighted by Gasteiger charge is 2.35. The zero-order chi connectivity index (χ0) is 69.7. The number of nitrogens with zero attached hydrogens (tertiary/aromatic N) is 6. The maximum Gasteiger partial charge on any atom is 0.323 e. The molecule has 18 N–H and O–H groups in total. The Labute approximate surface area is 541 Å². The van der Waals surface area contributed by atoms with Crippen molar-refractivity contribution in [1.29, 1.82) is 0 Å². The van der Waals surface area contributed by atoms with Crippen molar-refractivity contribution in [3.63, 3.8) is 0 Å². The van der Waals surface area contributed by atoms with Crippen molar-refractivity contribution in [2.45, 2.75) is 56.3 Å². The first-order valence-electron chi connectivity index (χ1n) is 28.8. The van der Waals surface area contributed by atoms with Gasteiger partial charge in [0.05, 0.1) is 76.4 Å². The molecule has 3 heterocycles. The molecule has 94 heavy (non-hydrogen) atoms. The third-order valence-electron chi connectivity index (χ3n) is 14.2. The first kappa shape index (κ1) is 76.6. The van der Waals surface area contributed by atoms with Crippen LogP contribution in [0, 0.1) is 13.8 Å². The minimum absolute atomic E-state index is 0.00714. The number of carbonyl (C=O) groups is 9. The number of carboxylic acid groups (broad SMARTS) is 4.